The first-order valence-electron chi connectivity index (χ1n) is 3.11. The van der Waals surface area contributed by atoms with E-state index < -0.39 is 0 Å². The van der Waals surface area contributed by atoms with Crippen LogP contribution >= 0.6 is 11.8 Å². The van der Waals surface area contributed by atoms with Crippen LogP contribution in [0.4, 0.5) is 0 Å². The smallest absolute Gasteiger partial charge is 0.202 e. The Morgan fingerprint density at radius 2 is 2.27 bits per heavy atom. The first kappa shape index (κ1) is 6.60. The summed E-state index contributed by atoms with van der Waals surface area (Å²) in [5.41, 5.74) is 1.49. The van der Waals surface area contributed by atoms with Crippen LogP contribution in [0.2, 0.25) is 0 Å². The van der Waals surface area contributed by atoms with E-state index in [1.807, 2.05) is 18.4 Å². The fourth-order valence-electron chi connectivity index (χ4n) is 0.833. The van der Waals surface area contributed by atoms with Crippen LogP contribution < -0.4 is 0 Å². The van der Waals surface area contributed by atoms with Gasteiger partial charge >= 0.3 is 0 Å². The summed E-state index contributed by atoms with van der Waals surface area (Å²) in [7, 11) is 0. The van der Waals surface area contributed by atoms with E-state index in [9.17, 15) is 0 Å². The zero-order chi connectivity index (χ0) is 7.68. The van der Waals surface area contributed by atoms with E-state index in [1.54, 1.807) is 11.8 Å². The highest BCUT2D eigenvalue weighted by molar-refractivity contribution is 7.98. The Kier molecular flexibility index (Phi) is 1.50. The molecular formula is C6H6N4S. The predicted octanol–water partition coefficient (Wildman–Crippen LogP) is 1.07. The van der Waals surface area contributed by atoms with Crippen LogP contribution in [0.15, 0.2) is 17.2 Å². The van der Waals surface area contributed by atoms with Gasteiger partial charge in [-0.25, -0.2) is 4.98 Å². The lowest BCUT2D eigenvalue weighted by Gasteiger charge is -1.90. The van der Waals surface area contributed by atoms with Crippen molar-refractivity contribution in [1.82, 2.24) is 20.4 Å². The number of nitrogens with zero attached hydrogens (tertiary/aromatic N) is 3. The molecule has 0 radical (unpaired) electrons. The van der Waals surface area contributed by atoms with Crippen molar-refractivity contribution >= 4 is 22.9 Å². The fraction of sp³-hybridized carbons (Fsp3) is 0.167. The summed E-state index contributed by atoms with van der Waals surface area (Å²) in [6.07, 6.45) is 1.98. The third-order valence-electron chi connectivity index (χ3n) is 1.36. The van der Waals surface area contributed by atoms with Gasteiger partial charge in [-0.1, -0.05) is 0 Å². The van der Waals surface area contributed by atoms with Crippen LogP contribution in [-0.4, -0.2) is 26.7 Å². The summed E-state index contributed by atoms with van der Waals surface area (Å²) in [6.45, 7) is 0. The molecule has 2 aromatic heterocycles. The van der Waals surface area contributed by atoms with Crippen molar-refractivity contribution < 1.29 is 0 Å². The number of rotatable bonds is 1. The Labute approximate surface area is 67.4 Å². The van der Waals surface area contributed by atoms with E-state index >= 15 is 0 Å². The summed E-state index contributed by atoms with van der Waals surface area (Å²) in [5, 5.41) is 11.2. The maximum atomic E-state index is 4.21. The number of aromatic amines is 1. The van der Waals surface area contributed by atoms with Crippen molar-refractivity contribution in [2.24, 2.45) is 0 Å². The largest absolute Gasteiger partial charge is 0.219 e. The van der Waals surface area contributed by atoms with Gasteiger partial charge in [0.1, 0.15) is 5.52 Å². The predicted molar refractivity (Wildman–Crippen MR) is 43.5 cm³/mol. The summed E-state index contributed by atoms with van der Waals surface area (Å²) in [5.74, 6) is 0. The van der Waals surface area contributed by atoms with Crippen molar-refractivity contribution in [3.8, 4) is 0 Å². The normalized spacial score (nSPS) is 10.6. The molecule has 2 heterocycles. The zero-order valence-corrected chi connectivity index (χ0v) is 6.72. The highest BCUT2D eigenvalue weighted by Crippen LogP contribution is 2.13. The second kappa shape index (κ2) is 2.50. The third-order valence-corrected chi connectivity index (χ3v) is 2.01. The summed E-state index contributed by atoms with van der Waals surface area (Å²) < 4.78 is 0. The van der Waals surface area contributed by atoms with Crippen LogP contribution in [0.1, 0.15) is 0 Å². The first-order valence-corrected chi connectivity index (χ1v) is 4.34. The Bertz CT molecular complexity index is 369. The monoisotopic (exact) mass is 166 g/mol. The van der Waals surface area contributed by atoms with Crippen molar-refractivity contribution in [3.63, 3.8) is 0 Å². The minimum Gasteiger partial charge on any atom is -0.219 e. The molecule has 4 nitrogen and oxygen atoms in total. The van der Waals surface area contributed by atoms with Crippen molar-refractivity contribution in [2.75, 3.05) is 6.26 Å². The number of hydrogen-bond donors (Lipinski definition) is 1. The van der Waals surface area contributed by atoms with Gasteiger partial charge in [-0.15, -0.1) is 16.9 Å². The number of aromatic nitrogens is 4. The average molecular weight is 166 g/mol. The molecule has 0 spiro atoms. The lowest BCUT2D eigenvalue weighted by Crippen LogP contribution is -1.79. The molecular weight excluding hydrogens is 160 g/mol. The van der Waals surface area contributed by atoms with Gasteiger partial charge < -0.3 is 0 Å². The van der Waals surface area contributed by atoms with Crippen LogP contribution in [0.5, 0.6) is 0 Å². The zero-order valence-electron chi connectivity index (χ0n) is 5.90. The van der Waals surface area contributed by atoms with E-state index in [-0.39, 0.29) is 0 Å². The van der Waals surface area contributed by atoms with Gasteiger partial charge in [0.25, 0.3) is 0 Å². The summed E-state index contributed by atoms with van der Waals surface area (Å²) in [6, 6.07) is 3.83. The van der Waals surface area contributed by atoms with Gasteiger partial charge in [0.2, 0.25) is 5.65 Å². The standard InChI is InChI=1S/C6H6N4S/c1-11-5-3-2-4-6(7-5)9-10-8-4/h2-3H,1H3,(H,7,8,9,10). The van der Waals surface area contributed by atoms with Gasteiger partial charge in [-0.3, -0.25) is 0 Å². The molecule has 0 saturated carbocycles. The Morgan fingerprint density at radius 1 is 1.36 bits per heavy atom. The molecule has 2 rings (SSSR count). The molecule has 56 valence electrons. The molecule has 11 heavy (non-hydrogen) atoms. The number of pyridine rings is 1. The average Bonchev–Trinajstić information content (AvgIpc) is 2.50. The van der Waals surface area contributed by atoms with Crippen molar-refractivity contribution in [2.45, 2.75) is 5.03 Å². The number of H-pyrrole nitrogens is 1. The van der Waals surface area contributed by atoms with E-state index in [0.29, 0.717) is 5.65 Å². The summed E-state index contributed by atoms with van der Waals surface area (Å²) in [4.78, 5) is 4.21. The lowest BCUT2D eigenvalue weighted by atomic mass is 10.4. The van der Waals surface area contributed by atoms with E-state index in [4.69, 9.17) is 0 Å². The van der Waals surface area contributed by atoms with E-state index in [1.165, 1.54) is 0 Å². The van der Waals surface area contributed by atoms with Gasteiger partial charge in [0.05, 0.1) is 5.03 Å². The number of hydrogen-bond acceptors (Lipinski definition) is 4. The second-order valence-corrected chi connectivity index (χ2v) is 2.85. The van der Waals surface area contributed by atoms with Gasteiger partial charge in [-0.05, 0) is 18.4 Å². The summed E-state index contributed by atoms with van der Waals surface area (Å²) >= 11 is 1.59. The molecule has 1 N–H and O–H groups in total. The molecule has 5 heteroatoms. The number of fused-ring (bicyclic) bond motifs is 1. The van der Waals surface area contributed by atoms with Crippen molar-refractivity contribution in [1.29, 1.82) is 0 Å². The maximum absolute atomic E-state index is 4.21. The quantitative estimate of drug-likeness (QED) is 0.644. The van der Waals surface area contributed by atoms with Crippen LogP contribution in [-0.2, 0) is 0 Å². The first-order chi connectivity index (χ1) is 5.40. The van der Waals surface area contributed by atoms with E-state index in [0.717, 1.165) is 10.5 Å². The Balaban J connectivity index is 2.67. The highest BCUT2D eigenvalue weighted by Gasteiger charge is 1.98. The lowest BCUT2D eigenvalue weighted by molar-refractivity contribution is 0.951. The van der Waals surface area contributed by atoms with E-state index in [2.05, 4.69) is 20.4 Å². The minimum atomic E-state index is 0.678. The number of nitrogens with one attached hydrogen (secondary N) is 1. The van der Waals surface area contributed by atoms with Gasteiger partial charge in [0.15, 0.2) is 0 Å². The Morgan fingerprint density at radius 3 is 3.09 bits per heavy atom. The van der Waals surface area contributed by atoms with Gasteiger partial charge in [0, 0.05) is 0 Å². The molecule has 2 aromatic rings. The molecule has 0 aliphatic carbocycles. The SMILES string of the molecule is CSc1ccc2n[nH]nc2n1. The molecule has 0 bridgehead atoms. The molecule has 0 aliphatic heterocycles. The topological polar surface area (TPSA) is 54.5 Å². The van der Waals surface area contributed by atoms with Crippen LogP contribution in [0, 0.1) is 0 Å². The molecule has 0 aliphatic rings. The maximum Gasteiger partial charge on any atom is 0.202 e. The molecule has 0 atom stereocenters. The highest BCUT2D eigenvalue weighted by atomic mass is 32.2. The third kappa shape index (κ3) is 1.07. The molecule has 0 saturated heterocycles. The second-order valence-electron chi connectivity index (χ2n) is 2.02. The molecule has 0 unspecified atom stereocenters. The number of thioether (sulfide) groups is 1. The Hall–Kier alpha value is -1.10. The molecule has 0 fully saturated rings. The van der Waals surface area contributed by atoms with Crippen molar-refractivity contribution in [3.05, 3.63) is 12.1 Å². The van der Waals surface area contributed by atoms with Crippen LogP contribution in [0.25, 0.3) is 11.2 Å². The van der Waals surface area contributed by atoms with Crippen LogP contribution in [0.3, 0.4) is 0 Å². The van der Waals surface area contributed by atoms with Gasteiger partial charge in [-0.2, -0.15) is 10.3 Å². The molecule has 0 amide bonds. The fourth-order valence-corrected chi connectivity index (χ4v) is 1.22. The minimum absolute atomic E-state index is 0.678. The molecule has 0 aromatic carbocycles.